The largest absolute Gasteiger partial charge is 0.353 e. The van der Waals surface area contributed by atoms with Crippen molar-refractivity contribution in [3.63, 3.8) is 0 Å². The molecule has 1 aliphatic carbocycles. The number of nitrogens with one attached hydrogen (secondary N) is 1. The van der Waals surface area contributed by atoms with E-state index in [4.69, 9.17) is 0 Å². The zero-order chi connectivity index (χ0) is 19.4. The molecule has 0 aromatic heterocycles. The van der Waals surface area contributed by atoms with Gasteiger partial charge in [-0.05, 0) is 31.2 Å². The number of carbonyl (C=O) groups is 2. The Labute approximate surface area is 158 Å². The molecule has 0 bridgehead atoms. The molecule has 0 unspecified atom stereocenters. The van der Waals surface area contributed by atoms with Gasteiger partial charge in [0.25, 0.3) is 0 Å². The van der Waals surface area contributed by atoms with Gasteiger partial charge < -0.3 is 10.2 Å². The maximum atomic E-state index is 14.0. The van der Waals surface area contributed by atoms with Gasteiger partial charge in [0.05, 0.1) is 12.5 Å². The molecule has 1 heterocycles. The molecule has 1 aromatic rings. The summed E-state index contributed by atoms with van der Waals surface area (Å²) in [5, 5.41) is 2.78. The summed E-state index contributed by atoms with van der Waals surface area (Å²) < 4.78 is 27.5. The highest BCUT2D eigenvalue weighted by Gasteiger charge is 2.34. The van der Waals surface area contributed by atoms with Crippen LogP contribution in [0.15, 0.2) is 18.2 Å². The fraction of sp³-hybridized carbons (Fsp3) is 0.600. The van der Waals surface area contributed by atoms with Gasteiger partial charge in [0.1, 0.15) is 0 Å². The molecule has 2 fully saturated rings. The van der Waals surface area contributed by atoms with Gasteiger partial charge in [-0.2, -0.15) is 0 Å². The lowest BCUT2D eigenvalue weighted by atomic mass is 10.1. The van der Waals surface area contributed by atoms with Crippen LogP contribution in [0.2, 0.25) is 0 Å². The third kappa shape index (κ3) is 5.03. The Hall–Kier alpha value is -2.02. The lowest BCUT2D eigenvalue weighted by Gasteiger charge is -2.36. The molecule has 27 heavy (non-hydrogen) atoms. The molecular weight excluding hydrogens is 352 g/mol. The van der Waals surface area contributed by atoms with Gasteiger partial charge in [-0.25, -0.2) is 8.78 Å². The normalized spacial score (nSPS) is 20.4. The summed E-state index contributed by atoms with van der Waals surface area (Å²) in [6.07, 6.45) is 3.24. The lowest BCUT2D eigenvalue weighted by Crippen LogP contribution is -2.56. The number of amides is 2. The van der Waals surface area contributed by atoms with Gasteiger partial charge in [-0.15, -0.1) is 0 Å². The zero-order valence-electron chi connectivity index (χ0n) is 15.7. The second-order valence-electron chi connectivity index (χ2n) is 7.48. The van der Waals surface area contributed by atoms with Gasteiger partial charge >= 0.3 is 0 Å². The summed E-state index contributed by atoms with van der Waals surface area (Å²) >= 11 is 0. The zero-order valence-corrected chi connectivity index (χ0v) is 15.7. The summed E-state index contributed by atoms with van der Waals surface area (Å²) in [6, 6.07) is 3.38. The van der Waals surface area contributed by atoms with E-state index in [1.807, 2.05) is 11.8 Å². The van der Waals surface area contributed by atoms with Crippen molar-refractivity contribution in [2.75, 3.05) is 26.2 Å². The second-order valence-corrected chi connectivity index (χ2v) is 7.48. The highest BCUT2D eigenvalue weighted by atomic mass is 19.2. The van der Waals surface area contributed by atoms with Crippen LogP contribution in [0.25, 0.3) is 0 Å². The number of halogens is 2. The Morgan fingerprint density at radius 3 is 2.81 bits per heavy atom. The Bertz CT molecular complexity index is 694. The van der Waals surface area contributed by atoms with Gasteiger partial charge in [-0.3, -0.25) is 14.5 Å². The van der Waals surface area contributed by atoms with Crippen LogP contribution in [0.5, 0.6) is 0 Å². The lowest BCUT2D eigenvalue weighted by molar-refractivity contribution is -0.139. The van der Waals surface area contributed by atoms with Crippen molar-refractivity contribution in [2.45, 2.75) is 45.2 Å². The van der Waals surface area contributed by atoms with E-state index in [-0.39, 0.29) is 30.3 Å². The number of carbonyl (C=O) groups excluding carboxylic acids is 2. The summed E-state index contributed by atoms with van der Waals surface area (Å²) in [6.45, 7) is 4.49. The van der Waals surface area contributed by atoms with Gasteiger partial charge in [0, 0.05) is 38.3 Å². The average Bonchev–Trinajstić information content (AvgIpc) is 3.45. The van der Waals surface area contributed by atoms with E-state index in [1.165, 1.54) is 12.1 Å². The van der Waals surface area contributed by atoms with Crippen molar-refractivity contribution in [2.24, 2.45) is 5.92 Å². The van der Waals surface area contributed by atoms with Gasteiger partial charge in [0.15, 0.2) is 11.6 Å². The van der Waals surface area contributed by atoms with Crippen molar-refractivity contribution in [1.82, 2.24) is 15.1 Å². The Kier molecular flexibility index (Phi) is 6.42. The predicted molar refractivity (Wildman–Crippen MR) is 97.8 cm³/mol. The summed E-state index contributed by atoms with van der Waals surface area (Å²) in [5.41, 5.74) is 0.200. The quantitative estimate of drug-likeness (QED) is 0.754. The first-order valence-electron chi connectivity index (χ1n) is 9.72. The first kappa shape index (κ1) is 19.7. The van der Waals surface area contributed by atoms with Crippen LogP contribution in [-0.4, -0.2) is 53.8 Å². The number of rotatable bonds is 8. The molecule has 0 spiro atoms. The van der Waals surface area contributed by atoms with Crippen molar-refractivity contribution >= 4 is 11.8 Å². The molecular formula is C20H27F2N3O2. The van der Waals surface area contributed by atoms with E-state index >= 15 is 0 Å². The molecule has 7 heteroatoms. The fourth-order valence-electron chi connectivity index (χ4n) is 3.56. The van der Waals surface area contributed by atoms with Crippen LogP contribution < -0.4 is 5.32 Å². The molecule has 2 amide bonds. The van der Waals surface area contributed by atoms with Crippen LogP contribution in [0.3, 0.4) is 0 Å². The van der Waals surface area contributed by atoms with E-state index in [1.54, 1.807) is 4.90 Å². The number of hydrogen-bond donors (Lipinski definition) is 1. The SMILES string of the molecule is CCCN(CC1CC1)C(=O)C[C@H]1C(=O)NCCN1Cc1cccc(F)c1F. The topological polar surface area (TPSA) is 52.7 Å². The van der Waals surface area contributed by atoms with Crippen LogP contribution in [-0.2, 0) is 16.1 Å². The highest BCUT2D eigenvalue weighted by Crippen LogP contribution is 2.30. The van der Waals surface area contributed by atoms with E-state index < -0.39 is 17.7 Å². The molecule has 0 radical (unpaired) electrons. The number of benzene rings is 1. The maximum absolute atomic E-state index is 14.0. The average molecular weight is 379 g/mol. The third-order valence-corrected chi connectivity index (χ3v) is 5.24. The highest BCUT2D eigenvalue weighted by molar-refractivity contribution is 5.88. The monoisotopic (exact) mass is 379 g/mol. The van der Waals surface area contributed by atoms with Crippen molar-refractivity contribution in [3.8, 4) is 0 Å². The minimum absolute atomic E-state index is 0.0458. The van der Waals surface area contributed by atoms with Gasteiger partial charge in [-0.1, -0.05) is 19.1 Å². The Morgan fingerprint density at radius 2 is 2.11 bits per heavy atom. The maximum Gasteiger partial charge on any atom is 0.237 e. The van der Waals surface area contributed by atoms with Gasteiger partial charge in [0.2, 0.25) is 11.8 Å². The summed E-state index contributed by atoms with van der Waals surface area (Å²) in [5.74, 6) is -1.49. The fourth-order valence-corrected chi connectivity index (χ4v) is 3.56. The molecule has 1 N–H and O–H groups in total. The third-order valence-electron chi connectivity index (χ3n) is 5.24. The molecule has 2 aliphatic rings. The standard InChI is InChI=1S/C20H27F2N3O2/c1-2-9-25(12-14-6-7-14)18(26)11-17-20(27)23-8-10-24(17)13-15-4-3-5-16(21)19(15)22/h3-5,14,17H,2,6-13H2,1H3,(H,23,27)/t17-/m0/s1. The van der Waals surface area contributed by atoms with Crippen molar-refractivity contribution in [3.05, 3.63) is 35.4 Å². The molecule has 1 saturated heterocycles. The van der Waals surface area contributed by atoms with Crippen LogP contribution >= 0.6 is 0 Å². The first-order chi connectivity index (χ1) is 13.0. The predicted octanol–water partition coefficient (Wildman–Crippen LogP) is 2.30. The van der Waals surface area contributed by atoms with E-state index in [9.17, 15) is 18.4 Å². The number of hydrogen-bond acceptors (Lipinski definition) is 3. The minimum Gasteiger partial charge on any atom is -0.353 e. The molecule has 148 valence electrons. The van der Waals surface area contributed by atoms with Crippen LogP contribution in [0, 0.1) is 17.6 Å². The summed E-state index contributed by atoms with van der Waals surface area (Å²) in [7, 11) is 0. The van der Waals surface area contributed by atoms with E-state index in [2.05, 4.69) is 5.32 Å². The van der Waals surface area contributed by atoms with Crippen LogP contribution in [0.4, 0.5) is 8.78 Å². The van der Waals surface area contributed by atoms with E-state index in [0.717, 1.165) is 31.9 Å². The second kappa shape index (κ2) is 8.78. The molecule has 1 aliphatic heterocycles. The Balaban J connectivity index is 1.70. The Morgan fingerprint density at radius 1 is 1.33 bits per heavy atom. The molecule has 5 nitrogen and oxygen atoms in total. The van der Waals surface area contributed by atoms with E-state index in [0.29, 0.717) is 25.6 Å². The molecule has 3 rings (SSSR count). The number of nitrogens with zero attached hydrogens (tertiary/aromatic N) is 2. The van der Waals surface area contributed by atoms with Crippen molar-refractivity contribution < 1.29 is 18.4 Å². The number of piperazine rings is 1. The summed E-state index contributed by atoms with van der Waals surface area (Å²) in [4.78, 5) is 28.8. The smallest absolute Gasteiger partial charge is 0.237 e. The molecule has 1 aromatic carbocycles. The van der Waals surface area contributed by atoms with Crippen LogP contribution in [0.1, 0.15) is 38.2 Å². The molecule has 1 atom stereocenters. The first-order valence-corrected chi connectivity index (χ1v) is 9.72. The van der Waals surface area contributed by atoms with Crippen molar-refractivity contribution in [1.29, 1.82) is 0 Å². The molecule has 1 saturated carbocycles. The minimum atomic E-state index is -0.903.